The highest BCUT2D eigenvalue weighted by molar-refractivity contribution is 7.99. The first kappa shape index (κ1) is 25.7. The number of carbonyl (C=O) groups excluding carboxylic acids is 1. The lowest BCUT2D eigenvalue weighted by Gasteiger charge is -2.09. The molecule has 0 aliphatic heterocycles. The predicted octanol–water partition coefficient (Wildman–Crippen LogP) is 3.89. The van der Waals surface area contributed by atoms with Gasteiger partial charge in [-0.1, -0.05) is 47.1 Å². The molecular weight excluding hydrogens is 494 g/mol. The molecule has 0 fully saturated rings. The number of carbonyl (C=O) groups is 1. The summed E-state index contributed by atoms with van der Waals surface area (Å²) in [6, 6.07) is 10.3. The van der Waals surface area contributed by atoms with Gasteiger partial charge in [-0.2, -0.15) is 5.10 Å². The van der Waals surface area contributed by atoms with Gasteiger partial charge in [0.15, 0.2) is 11.0 Å². The van der Waals surface area contributed by atoms with E-state index in [-0.39, 0.29) is 16.3 Å². The van der Waals surface area contributed by atoms with Crippen molar-refractivity contribution in [2.24, 2.45) is 5.10 Å². The highest BCUT2D eigenvalue weighted by atomic mass is 35.5. The van der Waals surface area contributed by atoms with E-state index in [2.05, 4.69) is 32.6 Å². The van der Waals surface area contributed by atoms with E-state index in [0.717, 1.165) is 23.5 Å². The normalized spacial score (nSPS) is 10.9. The molecule has 35 heavy (non-hydrogen) atoms. The lowest BCUT2D eigenvalue weighted by Crippen LogP contribution is -2.20. The van der Waals surface area contributed by atoms with E-state index in [1.54, 1.807) is 6.08 Å². The SMILES string of the molecule is C=CCn1c(CNc2ccc(C)cc2)nnc1SCC(=O)NN=Cc1cc(Cl)cc([N+](=O)[O-])c1O. The predicted molar refractivity (Wildman–Crippen MR) is 135 cm³/mol. The minimum absolute atomic E-state index is 0.00593. The number of nitrogens with one attached hydrogen (secondary N) is 2. The number of allylic oxidation sites excluding steroid dienone is 1. The molecule has 1 aromatic heterocycles. The van der Waals surface area contributed by atoms with E-state index >= 15 is 0 Å². The molecule has 3 N–H and O–H groups in total. The van der Waals surface area contributed by atoms with Crippen LogP contribution in [0.1, 0.15) is 17.0 Å². The second-order valence-electron chi connectivity index (χ2n) is 7.22. The fourth-order valence-electron chi connectivity index (χ4n) is 2.90. The number of hydrazone groups is 1. The van der Waals surface area contributed by atoms with E-state index in [0.29, 0.717) is 24.1 Å². The number of halogens is 1. The molecule has 2 aromatic carbocycles. The molecule has 0 aliphatic rings. The van der Waals surface area contributed by atoms with Gasteiger partial charge in [-0.3, -0.25) is 14.9 Å². The third-order valence-corrected chi connectivity index (χ3v) is 5.80. The topological polar surface area (TPSA) is 148 Å². The van der Waals surface area contributed by atoms with Gasteiger partial charge in [0, 0.05) is 28.9 Å². The first-order valence-electron chi connectivity index (χ1n) is 10.2. The molecular formula is C22H22ClN7O4S. The van der Waals surface area contributed by atoms with Crippen LogP contribution in [0, 0.1) is 17.0 Å². The van der Waals surface area contributed by atoms with Crippen molar-refractivity contribution in [1.29, 1.82) is 0 Å². The van der Waals surface area contributed by atoms with Gasteiger partial charge in [-0.05, 0) is 25.1 Å². The number of hydrogen-bond donors (Lipinski definition) is 3. The Hall–Kier alpha value is -3.90. The first-order chi connectivity index (χ1) is 16.8. The number of anilines is 1. The fourth-order valence-corrected chi connectivity index (χ4v) is 3.88. The third-order valence-electron chi connectivity index (χ3n) is 4.61. The third kappa shape index (κ3) is 7.04. The summed E-state index contributed by atoms with van der Waals surface area (Å²) in [4.78, 5) is 22.4. The van der Waals surface area contributed by atoms with Crippen LogP contribution in [0.3, 0.4) is 0 Å². The van der Waals surface area contributed by atoms with E-state index in [1.807, 2.05) is 35.8 Å². The number of phenols is 1. The van der Waals surface area contributed by atoms with Crippen LogP contribution in [-0.2, 0) is 17.9 Å². The molecule has 0 unspecified atom stereocenters. The molecule has 0 bridgehead atoms. The van der Waals surface area contributed by atoms with Crippen molar-refractivity contribution in [2.75, 3.05) is 11.1 Å². The summed E-state index contributed by atoms with van der Waals surface area (Å²) >= 11 is 7.00. The molecule has 13 heteroatoms. The standard InChI is InChI=1S/C22H22ClN7O4S/c1-3-8-29-19(12-24-17-6-4-14(2)5-7-17)26-28-22(29)35-13-20(31)27-25-11-15-9-16(23)10-18(21(15)32)30(33)34/h3-7,9-11,24,32H,1,8,12-13H2,2H3,(H,27,31). The number of benzene rings is 2. The van der Waals surface area contributed by atoms with E-state index < -0.39 is 22.3 Å². The van der Waals surface area contributed by atoms with Crippen LogP contribution < -0.4 is 10.7 Å². The number of nitro benzene ring substituents is 1. The zero-order chi connectivity index (χ0) is 25.4. The van der Waals surface area contributed by atoms with Gasteiger partial charge in [0.05, 0.1) is 23.4 Å². The number of thioether (sulfide) groups is 1. The van der Waals surface area contributed by atoms with Crippen molar-refractivity contribution in [3.05, 3.63) is 81.1 Å². The molecule has 0 atom stereocenters. The quantitative estimate of drug-likeness (QED) is 0.114. The summed E-state index contributed by atoms with van der Waals surface area (Å²) in [5.74, 6) is -0.380. The van der Waals surface area contributed by atoms with Gasteiger partial charge in [0.1, 0.15) is 0 Å². The van der Waals surface area contributed by atoms with E-state index in [1.165, 1.54) is 17.8 Å². The average Bonchev–Trinajstić information content (AvgIpc) is 3.20. The van der Waals surface area contributed by atoms with Crippen LogP contribution in [0.4, 0.5) is 11.4 Å². The van der Waals surface area contributed by atoms with Gasteiger partial charge < -0.3 is 15.0 Å². The Morgan fingerprint density at radius 1 is 1.34 bits per heavy atom. The van der Waals surface area contributed by atoms with Gasteiger partial charge in [0.2, 0.25) is 5.75 Å². The number of nitro groups is 1. The molecule has 1 heterocycles. The average molecular weight is 516 g/mol. The highest BCUT2D eigenvalue weighted by Crippen LogP contribution is 2.32. The Morgan fingerprint density at radius 3 is 2.77 bits per heavy atom. The zero-order valence-electron chi connectivity index (χ0n) is 18.6. The Labute approximate surface area is 210 Å². The molecule has 1 amide bonds. The van der Waals surface area contributed by atoms with Crippen molar-refractivity contribution in [1.82, 2.24) is 20.2 Å². The molecule has 3 rings (SSSR count). The number of nitrogens with zero attached hydrogens (tertiary/aromatic N) is 5. The summed E-state index contributed by atoms with van der Waals surface area (Å²) in [5, 5.41) is 36.9. The first-order valence-corrected chi connectivity index (χ1v) is 11.6. The number of aromatic hydroxyl groups is 1. The van der Waals surface area contributed by atoms with Crippen LogP contribution in [0.15, 0.2) is 59.3 Å². The van der Waals surface area contributed by atoms with Gasteiger partial charge >= 0.3 is 5.69 Å². The minimum atomic E-state index is -0.766. The van der Waals surface area contributed by atoms with Crippen molar-refractivity contribution in [2.45, 2.75) is 25.2 Å². The Bertz CT molecular complexity index is 1260. The molecule has 11 nitrogen and oxygen atoms in total. The van der Waals surface area contributed by atoms with Crippen molar-refractivity contribution in [3.8, 4) is 5.75 Å². The molecule has 0 saturated heterocycles. The Kier molecular flexibility index (Phi) is 8.81. The van der Waals surface area contributed by atoms with Gasteiger partial charge in [-0.25, -0.2) is 5.43 Å². The minimum Gasteiger partial charge on any atom is -0.502 e. The number of hydrogen-bond acceptors (Lipinski definition) is 9. The molecule has 182 valence electrons. The number of amides is 1. The Morgan fingerprint density at radius 2 is 2.09 bits per heavy atom. The summed E-state index contributed by atoms with van der Waals surface area (Å²) < 4.78 is 1.85. The maximum atomic E-state index is 12.2. The van der Waals surface area contributed by atoms with Crippen LogP contribution in [0.5, 0.6) is 5.75 Å². The largest absolute Gasteiger partial charge is 0.502 e. The van der Waals surface area contributed by atoms with Crippen molar-refractivity contribution >= 4 is 46.9 Å². The fraction of sp³-hybridized carbons (Fsp3) is 0.182. The summed E-state index contributed by atoms with van der Waals surface area (Å²) in [6.07, 6.45) is 2.79. The molecule has 3 aromatic rings. The lowest BCUT2D eigenvalue weighted by molar-refractivity contribution is -0.385. The molecule has 0 radical (unpaired) electrons. The van der Waals surface area contributed by atoms with E-state index in [9.17, 15) is 20.0 Å². The van der Waals surface area contributed by atoms with Crippen LogP contribution >= 0.6 is 23.4 Å². The van der Waals surface area contributed by atoms with Crippen molar-refractivity contribution in [3.63, 3.8) is 0 Å². The summed E-state index contributed by atoms with van der Waals surface area (Å²) in [7, 11) is 0. The second-order valence-corrected chi connectivity index (χ2v) is 8.60. The monoisotopic (exact) mass is 515 g/mol. The van der Waals surface area contributed by atoms with Crippen LogP contribution in [0.2, 0.25) is 5.02 Å². The maximum Gasteiger partial charge on any atom is 0.312 e. The summed E-state index contributed by atoms with van der Waals surface area (Å²) in [5.41, 5.74) is 3.85. The van der Waals surface area contributed by atoms with Crippen molar-refractivity contribution < 1.29 is 14.8 Å². The molecule has 0 spiro atoms. The number of rotatable bonds is 11. The number of phenolic OH excluding ortho intramolecular Hbond substituents is 1. The highest BCUT2D eigenvalue weighted by Gasteiger charge is 2.18. The van der Waals surface area contributed by atoms with E-state index in [4.69, 9.17) is 11.6 Å². The van der Waals surface area contributed by atoms with Crippen LogP contribution in [0.25, 0.3) is 0 Å². The maximum absolute atomic E-state index is 12.2. The summed E-state index contributed by atoms with van der Waals surface area (Å²) in [6.45, 7) is 6.69. The Balaban J connectivity index is 1.59. The second kappa shape index (κ2) is 12.0. The lowest BCUT2D eigenvalue weighted by atomic mass is 10.2. The van der Waals surface area contributed by atoms with Crippen LogP contribution in [-0.4, -0.2) is 42.7 Å². The molecule has 0 saturated carbocycles. The van der Waals surface area contributed by atoms with Gasteiger partial charge in [0.25, 0.3) is 5.91 Å². The zero-order valence-corrected chi connectivity index (χ0v) is 20.2. The number of aromatic nitrogens is 3. The molecule has 0 aliphatic carbocycles. The smallest absolute Gasteiger partial charge is 0.312 e. The number of aryl methyl sites for hydroxylation is 1. The van der Waals surface area contributed by atoms with Gasteiger partial charge in [-0.15, -0.1) is 16.8 Å².